The molecule has 7 atom stereocenters. The Bertz CT molecular complexity index is 1180. The summed E-state index contributed by atoms with van der Waals surface area (Å²) in [7, 11) is 1.30. The van der Waals surface area contributed by atoms with Crippen molar-refractivity contribution in [3.63, 3.8) is 0 Å². The Balaban J connectivity index is 1.22. The molecule has 3 saturated carbocycles. The molecule has 0 spiro atoms. The molecule has 1 aromatic carbocycles. The van der Waals surface area contributed by atoms with Crippen molar-refractivity contribution in [2.45, 2.75) is 78.2 Å². The fourth-order valence-corrected chi connectivity index (χ4v) is 8.73. The summed E-state index contributed by atoms with van der Waals surface area (Å²) in [5.74, 6) is 1.66. The van der Waals surface area contributed by atoms with Crippen molar-refractivity contribution in [2.75, 3.05) is 13.7 Å². The summed E-state index contributed by atoms with van der Waals surface area (Å²) in [6, 6.07) is 8.10. The van der Waals surface area contributed by atoms with Gasteiger partial charge in [0.1, 0.15) is 5.78 Å². The van der Waals surface area contributed by atoms with Crippen molar-refractivity contribution in [1.82, 2.24) is 5.32 Å². The number of hydrogen-bond donors (Lipinski definition) is 1. The van der Waals surface area contributed by atoms with Gasteiger partial charge in [-0.25, -0.2) is 4.79 Å². The normalized spacial score (nSPS) is 35.1. The Morgan fingerprint density at radius 3 is 2.51 bits per heavy atom. The summed E-state index contributed by atoms with van der Waals surface area (Å²) >= 11 is 0. The Kier molecular flexibility index (Phi) is 7.71. The number of fused-ring (bicyclic) bond motifs is 5. The first-order valence-electron chi connectivity index (χ1n) is 14.5. The average molecular weight is 535 g/mol. The van der Waals surface area contributed by atoms with E-state index in [1.54, 1.807) is 31.2 Å². The second-order valence-electron chi connectivity index (χ2n) is 12.6. The molecule has 7 nitrogen and oxygen atoms in total. The van der Waals surface area contributed by atoms with E-state index >= 15 is 0 Å². The number of methoxy groups -OCH3 is 1. The number of allylic oxidation sites excluding steroid dienone is 2. The van der Waals surface area contributed by atoms with Gasteiger partial charge >= 0.3 is 5.97 Å². The number of carbonyl (C=O) groups excluding carboxylic acids is 3. The van der Waals surface area contributed by atoms with Crippen LogP contribution in [0, 0.1) is 34.5 Å². The molecule has 7 heteroatoms. The first-order chi connectivity index (χ1) is 18.7. The third kappa shape index (κ3) is 5.05. The lowest BCUT2D eigenvalue weighted by Crippen LogP contribution is -2.51. The average Bonchev–Trinajstić information content (AvgIpc) is 3.29. The fraction of sp³-hybridized carbons (Fsp3) is 0.625. The van der Waals surface area contributed by atoms with Gasteiger partial charge in [-0.05, 0) is 98.5 Å². The number of benzene rings is 1. The molecule has 1 amide bonds. The Morgan fingerprint density at radius 2 is 1.79 bits per heavy atom. The van der Waals surface area contributed by atoms with E-state index in [4.69, 9.17) is 9.57 Å². The van der Waals surface area contributed by atoms with Crippen LogP contribution in [-0.2, 0) is 24.0 Å². The van der Waals surface area contributed by atoms with Gasteiger partial charge in [-0.1, -0.05) is 54.9 Å². The summed E-state index contributed by atoms with van der Waals surface area (Å²) in [6.45, 7) is 6.36. The zero-order chi connectivity index (χ0) is 27.8. The van der Waals surface area contributed by atoms with Crippen molar-refractivity contribution in [3.05, 3.63) is 47.5 Å². The molecule has 5 rings (SSSR count). The molecule has 210 valence electrons. The van der Waals surface area contributed by atoms with Crippen LogP contribution < -0.4 is 5.32 Å². The molecule has 0 radical (unpaired) electrons. The molecule has 0 saturated heterocycles. The van der Waals surface area contributed by atoms with E-state index in [-0.39, 0.29) is 23.4 Å². The Labute approximate surface area is 231 Å². The maximum atomic E-state index is 12.6. The van der Waals surface area contributed by atoms with Crippen LogP contribution in [0.15, 0.2) is 47.1 Å². The number of amides is 1. The molecule has 1 N–H and O–H groups in total. The molecule has 0 aromatic heterocycles. The minimum Gasteiger partial charge on any atom is -0.467 e. The second kappa shape index (κ2) is 10.9. The van der Waals surface area contributed by atoms with Crippen LogP contribution in [0.25, 0.3) is 0 Å². The van der Waals surface area contributed by atoms with E-state index < -0.39 is 17.9 Å². The van der Waals surface area contributed by atoms with Crippen LogP contribution in [0.2, 0.25) is 0 Å². The highest BCUT2D eigenvalue weighted by Crippen LogP contribution is 2.66. The van der Waals surface area contributed by atoms with Gasteiger partial charge < -0.3 is 14.9 Å². The highest BCUT2D eigenvalue weighted by atomic mass is 16.6. The second-order valence-corrected chi connectivity index (χ2v) is 12.6. The van der Waals surface area contributed by atoms with Crippen molar-refractivity contribution >= 4 is 23.4 Å². The minimum absolute atomic E-state index is 0.165. The monoisotopic (exact) mass is 534 g/mol. The zero-order valence-electron chi connectivity index (χ0n) is 23.7. The zero-order valence-corrected chi connectivity index (χ0v) is 23.7. The van der Waals surface area contributed by atoms with Crippen LogP contribution in [0.3, 0.4) is 0 Å². The molecule has 4 aliphatic carbocycles. The number of carbonyl (C=O) groups is 3. The summed E-state index contributed by atoms with van der Waals surface area (Å²) in [5.41, 5.74) is 3.32. The number of oxime groups is 1. The van der Waals surface area contributed by atoms with Gasteiger partial charge in [0.25, 0.3) is 5.91 Å². The SMILES string of the molecule is COC(=O)[C@@H](NC(=O)CON=C1C=C2CC[C@H]3[C@H]4CC[C@@H](C(C)=O)[C@@]4(C)CC[C@H]3[C@@]2(C)CC1)c1ccccc1. The van der Waals surface area contributed by atoms with Crippen LogP contribution in [0.5, 0.6) is 0 Å². The number of esters is 1. The molecule has 0 unspecified atom stereocenters. The third-order valence-electron chi connectivity index (χ3n) is 10.7. The predicted molar refractivity (Wildman–Crippen MR) is 149 cm³/mol. The lowest BCUT2D eigenvalue weighted by Gasteiger charge is -2.58. The first-order valence-corrected chi connectivity index (χ1v) is 14.5. The van der Waals surface area contributed by atoms with Crippen molar-refractivity contribution < 1.29 is 24.0 Å². The number of rotatable bonds is 7. The molecule has 39 heavy (non-hydrogen) atoms. The van der Waals surface area contributed by atoms with E-state index in [0.717, 1.165) is 37.8 Å². The molecular formula is C32H42N2O5. The lowest BCUT2D eigenvalue weighted by molar-refractivity contribution is -0.145. The van der Waals surface area contributed by atoms with Crippen LogP contribution >= 0.6 is 0 Å². The molecular weight excluding hydrogens is 492 g/mol. The first kappa shape index (κ1) is 27.6. The van der Waals surface area contributed by atoms with Crippen molar-refractivity contribution in [2.24, 2.45) is 39.7 Å². The molecule has 0 bridgehead atoms. The van der Waals surface area contributed by atoms with Gasteiger partial charge in [0.05, 0.1) is 12.8 Å². The smallest absolute Gasteiger partial charge is 0.333 e. The number of nitrogens with zero attached hydrogens (tertiary/aromatic N) is 1. The highest BCUT2D eigenvalue weighted by molar-refractivity contribution is 5.96. The van der Waals surface area contributed by atoms with Gasteiger partial charge in [0.15, 0.2) is 12.6 Å². The van der Waals surface area contributed by atoms with E-state index in [9.17, 15) is 14.4 Å². The number of hydrogen-bond acceptors (Lipinski definition) is 6. The van der Waals surface area contributed by atoms with Gasteiger partial charge in [0.2, 0.25) is 0 Å². The van der Waals surface area contributed by atoms with Gasteiger partial charge in [0, 0.05) is 5.92 Å². The fourth-order valence-electron chi connectivity index (χ4n) is 8.73. The maximum absolute atomic E-state index is 12.6. The van der Waals surface area contributed by atoms with E-state index in [1.807, 2.05) is 6.07 Å². The van der Waals surface area contributed by atoms with Crippen molar-refractivity contribution in [1.29, 1.82) is 0 Å². The quantitative estimate of drug-likeness (QED) is 0.365. The van der Waals surface area contributed by atoms with Gasteiger partial charge in [-0.3, -0.25) is 9.59 Å². The van der Waals surface area contributed by atoms with E-state index in [1.165, 1.54) is 31.9 Å². The molecule has 4 aliphatic rings. The summed E-state index contributed by atoms with van der Waals surface area (Å²) in [6.07, 6.45) is 10.9. The highest BCUT2D eigenvalue weighted by Gasteiger charge is 2.59. The summed E-state index contributed by atoms with van der Waals surface area (Å²) in [4.78, 5) is 42.6. The molecule has 0 aliphatic heterocycles. The van der Waals surface area contributed by atoms with Gasteiger partial charge in [-0.15, -0.1) is 0 Å². The molecule has 3 fully saturated rings. The molecule has 0 heterocycles. The van der Waals surface area contributed by atoms with E-state index in [0.29, 0.717) is 29.1 Å². The number of Topliss-reactive ketones (excluding diaryl/α,β-unsaturated/α-hetero) is 1. The van der Waals surface area contributed by atoms with E-state index in [2.05, 4.69) is 30.4 Å². The van der Waals surface area contributed by atoms with Crippen molar-refractivity contribution in [3.8, 4) is 0 Å². The largest absolute Gasteiger partial charge is 0.467 e. The van der Waals surface area contributed by atoms with Crippen LogP contribution in [-0.4, -0.2) is 37.1 Å². The topological polar surface area (TPSA) is 94.1 Å². The summed E-state index contributed by atoms with van der Waals surface area (Å²) in [5, 5.41) is 7.00. The third-order valence-corrected chi connectivity index (χ3v) is 10.7. The van der Waals surface area contributed by atoms with Crippen LogP contribution in [0.1, 0.15) is 83.7 Å². The molecule has 1 aromatic rings. The number of nitrogens with one attached hydrogen (secondary N) is 1. The maximum Gasteiger partial charge on any atom is 0.333 e. The number of ketones is 1. The predicted octanol–water partition coefficient (Wildman–Crippen LogP) is 5.56. The minimum atomic E-state index is -0.893. The standard InChI is InChI=1S/C32H42N2O5/c1-20(35)25-12-13-26-24-11-10-22-18-23(14-16-31(22,2)27(24)15-17-32(25,26)3)34-39-19-28(36)33-29(30(37)38-4)21-8-6-5-7-9-21/h5-9,18,24-27,29H,10-17,19H2,1-4H3,(H,33,36)/t24-,25-,26+,27+,29-,31-,32+/m0/s1. The van der Waals surface area contributed by atoms with Crippen LogP contribution in [0.4, 0.5) is 0 Å². The Hall–Kier alpha value is -2.96. The lowest BCUT2D eigenvalue weighted by atomic mass is 9.46. The van der Waals surface area contributed by atoms with Gasteiger partial charge in [-0.2, -0.15) is 0 Å². The Morgan fingerprint density at radius 1 is 1.03 bits per heavy atom. The summed E-state index contributed by atoms with van der Waals surface area (Å²) < 4.78 is 4.86. The number of ether oxygens (including phenoxy) is 1.